The molecule has 2 aromatic carbocycles. The van der Waals surface area contributed by atoms with Crippen molar-refractivity contribution in [3.05, 3.63) is 65.7 Å². The third kappa shape index (κ3) is 7.67. The molecule has 40 heavy (non-hydrogen) atoms. The SMILES string of the molecule is COc1ccc(C[C@H](NC(=O)[C@H](C)NC(=O)[C@H]2CCCO2)C(=O)N[C@@H](Cc2ccccc2)C(=O)[C@]2(C)CO2)cc1. The van der Waals surface area contributed by atoms with Crippen molar-refractivity contribution in [3.63, 3.8) is 0 Å². The molecule has 0 radical (unpaired) electrons. The first kappa shape index (κ1) is 29.2. The predicted molar refractivity (Wildman–Crippen MR) is 147 cm³/mol. The van der Waals surface area contributed by atoms with Gasteiger partial charge in [-0.05, 0) is 56.4 Å². The fraction of sp³-hybridized carbons (Fsp3) is 0.467. The van der Waals surface area contributed by atoms with Crippen LogP contribution in [0.5, 0.6) is 5.75 Å². The van der Waals surface area contributed by atoms with Gasteiger partial charge in [0, 0.05) is 13.0 Å². The average molecular weight is 552 g/mol. The Hall–Kier alpha value is -3.76. The number of methoxy groups -OCH3 is 1. The number of carbonyl (C=O) groups is 4. The molecule has 2 fully saturated rings. The van der Waals surface area contributed by atoms with Crippen LogP contribution in [0.25, 0.3) is 0 Å². The smallest absolute Gasteiger partial charge is 0.249 e. The van der Waals surface area contributed by atoms with Crippen molar-refractivity contribution in [2.45, 2.75) is 69.4 Å². The molecule has 5 atom stereocenters. The summed E-state index contributed by atoms with van der Waals surface area (Å²) >= 11 is 0. The Morgan fingerprint density at radius 2 is 1.55 bits per heavy atom. The van der Waals surface area contributed by atoms with E-state index in [2.05, 4.69) is 16.0 Å². The minimum Gasteiger partial charge on any atom is -0.497 e. The summed E-state index contributed by atoms with van der Waals surface area (Å²) in [4.78, 5) is 52.6. The van der Waals surface area contributed by atoms with Gasteiger partial charge in [0.05, 0.1) is 19.8 Å². The van der Waals surface area contributed by atoms with Crippen LogP contribution in [0.2, 0.25) is 0 Å². The molecule has 10 heteroatoms. The average Bonchev–Trinajstić information content (AvgIpc) is 3.47. The summed E-state index contributed by atoms with van der Waals surface area (Å²) in [5.41, 5.74) is 0.718. The Morgan fingerprint density at radius 1 is 0.925 bits per heavy atom. The molecule has 0 unspecified atom stereocenters. The monoisotopic (exact) mass is 551 g/mol. The Balaban J connectivity index is 1.50. The lowest BCUT2D eigenvalue weighted by atomic mass is 9.94. The normalized spacial score (nSPS) is 21.9. The Bertz CT molecular complexity index is 1190. The van der Waals surface area contributed by atoms with Crippen LogP contribution in [0.3, 0.4) is 0 Å². The molecule has 10 nitrogen and oxygen atoms in total. The van der Waals surface area contributed by atoms with Gasteiger partial charge in [-0.25, -0.2) is 0 Å². The van der Waals surface area contributed by atoms with Gasteiger partial charge in [-0.1, -0.05) is 42.5 Å². The highest BCUT2D eigenvalue weighted by Crippen LogP contribution is 2.29. The van der Waals surface area contributed by atoms with Gasteiger partial charge in [-0.3, -0.25) is 19.2 Å². The molecule has 0 bridgehead atoms. The van der Waals surface area contributed by atoms with E-state index >= 15 is 0 Å². The summed E-state index contributed by atoms with van der Waals surface area (Å²) in [7, 11) is 1.56. The number of hydrogen-bond acceptors (Lipinski definition) is 7. The van der Waals surface area contributed by atoms with E-state index in [9.17, 15) is 19.2 Å². The zero-order valence-corrected chi connectivity index (χ0v) is 23.1. The van der Waals surface area contributed by atoms with Gasteiger partial charge in [0.1, 0.15) is 29.5 Å². The third-order valence-electron chi connectivity index (χ3n) is 7.22. The maximum Gasteiger partial charge on any atom is 0.249 e. The van der Waals surface area contributed by atoms with Crippen LogP contribution in [0, 0.1) is 0 Å². The summed E-state index contributed by atoms with van der Waals surface area (Å²) in [6, 6.07) is 13.8. The predicted octanol–water partition coefficient (Wildman–Crippen LogP) is 1.49. The largest absolute Gasteiger partial charge is 0.497 e. The van der Waals surface area contributed by atoms with E-state index in [1.54, 1.807) is 45.2 Å². The summed E-state index contributed by atoms with van der Waals surface area (Å²) < 4.78 is 16.0. The summed E-state index contributed by atoms with van der Waals surface area (Å²) in [6.45, 7) is 4.06. The van der Waals surface area contributed by atoms with Gasteiger partial charge in [-0.15, -0.1) is 0 Å². The second-order valence-corrected chi connectivity index (χ2v) is 10.5. The van der Waals surface area contributed by atoms with Crippen molar-refractivity contribution in [1.82, 2.24) is 16.0 Å². The summed E-state index contributed by atoms with van der Waals surface area (Å²) in [5.74, 6) is -0.965. The van der Waals surface area contributed by atoms with E-state index in [4.69, 9.17) is 14.2 Å². The first-order chi connectivity index (χ1) is 19.2. The lowest BCUT2D eigenvalue weighted by molar-refractivity contribution is -0.136. The van der Waals surface area contributed by atoms with E-state index in [1.165, 1.54) is 0 Å². The van der Waals surface area contributed by atoms with E-state index in [0.717, 1.165) is 17.5 Å². The molecule has 3 N–H and O–H groups in total. The van der Waals surface area contributed by atoms with Gasteiger partial charge < -0.3 is 30.2 Å². The molecular weight excluding hydrogens is 514 g/mol. The lowest BCUT2D eigenvalue weighted by Gasteiger charge is -2.25. The van der Waals surface area contributed by atoms with Crippen LogP contribution in [0.15, 0.2) is 54.6 Å². The highest BCUT2D eigenvalue weighted by Gasteiger charge is 2.50. The maximum absolute atomic E-state index is 13.7. The molecular formula is C30H37N3O7. The van der Waals surface area contributed by atoms with Crippen molar-refractivity contribution >= 4 is 23.5 Å². The topological polar surface area (TPSA) is 135 Å². The number of ketones is 1. The van der Waals surface area contributed by atoms with Crippen LogP contribution in [-0.2, 0) is 41.5 Å². The fourth-order valence-corrected chi connectivity index (χ4v) is 4.61. The molecule has 0 spiro atoms. The molecule has 2 aliphatic heterocycles. The van der Waals surface area contributed by atoms with Crippen molar-refractivity contribution < 1.29 is 33.4 Å². The van der Waals surface area contributed by atoms with Crippen LogP contribution >= 0.6 is 0 Å². The van der Waals surface area contributed by atoms with E-state index in [1.807, 2.05) is 30.3 Å². The number of Topliss-reactive ketones (excluding diaryl/α,β-unsaturated/α-hetero) is 1. The summed E-state index contributed by atoms with van der Waals surface area (Å²) in [6.07, 6.45) is 1.25. The molecule has 3 amide bonds. The van der Waals surface area contributed by atoms with Crippen molar-refractivity contribution in [2.24, 2.45) is 0 Å². The van der Waals surface area contributed by atoms with Crippen LogP contribution in [0.1, 0.15) is 37.8 Å². The first-order valence-corrected chi connectivity index (χ1v) is 13.6. The minimum atomic E-state index is -1.01. The molecule has 214 valence electrons. The van der Waals surface area contributed by atoms with E-state index < -0.39 is 41.6 Å². The molecule has 2 heterocycles. The highest BCUT2D eigenvalue weighted by atomic mass is 16.6. The zero-order chi connectivity index (χ0) is 28.7. The number of benzene rings is 2. The van der Waals surface area contributed by atoms with Gasteiger partial charge in [-0.2, -0.15) is 0 Å². The van der Waals surface area contributed by atoms with Crippen LogP contribution in [-0.4, -0.2) is 73.7 Å². The van der Waals surface area contributed by atoms with Gasteiger partial charge >= 0.3 is 0 Å². The molecule has 0 aliphatic carbocycles. The molecule has 4 rings (SSSR count). The van der Waals surface area contributed by atoms with Gasteiger partial charge in [0.25, 0.3) is 0 Å². The van der Waals surface area contributed by atoms with Gasteiger partial charge in [0.15, 0.2) is 5.78 Å². The standard InChI is InChI=1S/C30H37N3O7/c1-19(31-29(37)25-10-7-15-39-25)27(35)33-24(17-21-11-13-22(38-3)14-12-21)28(36)32-23(26(34)30(2)18-40-30)16-20-8-5-4-6-9-20/h4-6,8-9,11-14,19,23-25H,7,10,15-18H2,1-3H3,(H,31,37)(H,32,36)(H,33,35)/t19-,23-,24-,25+,30-/m0/s1. The number of carbonyl (C=O) groups excluding carboxylic acids is 4. The van der Waals surface area contributed by atoms with Gasteiger partial charge in [0.2, 0.25) is 17.7 Å². The number of nitrogens with one attached hydrogen (secondary N) is 3. The molecule has 2 saturated heterocycles. The first-order valence-electron chi connectivity index (χ1n) is 13.6. The van der Waals surface area contributed by atoms with Crippen LogP contribution < -0.4 is 20.7 Å². The fourth-order valence-electron chi connectivity index (χ4n) is 4.61. The second-order valence-electron chi connectivity index (χ2n) is 10.5. The van der Waals surface area contributed by atoms with E-state index in [-0.39, 0.29) is 24.5 Å². The summed E-state index contributed by atoms with van der Waals surface area (Å²) in [5, 5.41) is 8.31. The van der Waals surface area contributed by atoms with Crippen molar-refractivity contribution in [3.8, 4) is 5.75 Å². The number of rotatable bonds is 13. The third-order valence-corrected chi connectivity index (χ3v) is 7.22. The molecule has 2 aliphatic rings. The molecule has 0 saturated carbocycles. The number of hydrogen-bond donors (Lipinski definition) is 3. The Morgan fingerprint density at radius 3 is 2.15 bits per heavy atom. The van der Waals surface area contributed by atoms with Crippen molar-refractivity contribution in [2.75, 3.05) is 20.3 Å². The second kappa shape index (κ2) is 13.1. The zero-order valence-electron chi connectivity index (χ0n) is 23.1. The molecule has 0 aromatic heterocycles. The molecule has 2 aromatic rings. The van der Waals surface area contributed by atoms with E-state index in [0.29, 0.717) is 25.4 Å². The minimum absolute atomic E-state index is 0.161. The number of ether oxygens (including phenoxy) is 3. The Labute approximate surface area is 234 Å². The number of amides is 3. The maximum atomic E-state index is 13.7. The highest BCUT2D eigenvalue weighted by molar-refractivity contribution is 5.98. The quantitative estimate of drug-likeness (QED) is 0.321. The van der Waals surface area contributed by atoms with Crippen molar-refractivity contribution in [1.29, 1.82) is 0 Å². The number of epoxide rings is 1. The van der Waals surface area contributed by atoms with Crippen LogP contribution in [0.4, 0.5) is 0 Å². The Kier molecular flexibility index (Phi) is 9.54. The lowest BCUT2D eigenvalue weighted by Crippen LogP contribution is -2.57.